The van der Waals surface area contributed by atoms with Gasteiger partial charge in [-0.25, -0.2) is 14.4 Å². The van der Waals surface area contributed by atoms with Crippen molar-refractivity contribution < 1.29 is 4.39 Å². The Morgan fingerprint density at radius 1 is 1.50 bits per heavy atom. The van der Waals surface area contributed by atoms with Gasteiger partial charge in [-0.05, 0) is 0 Å². The molecule has 1 saturated heterocycles. The molecular weight excluding hydrogens is 107 g/mol. The molecular formula is C5H11FN2. The summed E-state index contributed by atoms with van der Waals surface area (Å²) in [5.41, 5.74) is 0. The molecule has 0 spiro atoms. The van der Waals surface area contributed by atoms with Crippen LogP contribution in [0.4, 0.5) is 4.39 Å². The fourth-order valence-corrected chi connectivity index (χ4v) is 0.730. The van der Waals surface area contributed by atoms with Crippen molar-refractivity contribution in [1.29, 1.82) is 0 Å². The van der Waals surface area contributed by atoms with E-state index in [-0.39, 0.29) is 0 Å². The summed E-state index contributed by atoms with van der Waals surface area (Å²) in [6, 6.07) is 0. The van der Waals surface area contributed by atoms with Crippen LogP contribution in [0.2, 0.25) is 0 Å². The first-order chi connectivity index (χ1) is 3.70. The normalized spacial score (nSPS) is 24.0. The van der Waals surface area contributed by atoms with Crippen LogP contribution < -0.4 is 0 Å². The SMILES string of the molecule is CN(C)N1CC(F)C1. The van der Waals surface area contributed by atoms with Crippen molar-refractivity contribution in [3.63, 3.8) is 0 Å². The minimum atomic E-state index is -0.586. The molecule has 48 valence electrons. The number of hydrogen-bond acceptors (Lipinski definition) is 2. The van der Waals surface area contributed by atoms with Gasteiger partial charge in [0.1, 0.15) is 6.17 Å². The highest BCUT2D eigenvalue weighted by molar-refractivity contribution is 4.75. The largest absolute Gasteiger partial charge is 0.248 e. The lowest BCUT2D eigenvalue weighted by Gasteiger charge is -2.38. The molecule has 0 saturated carbocycles. The molecule has 1 rings (SSSR count). The maximum atomic E-state index is 12.1. The van der Waals surface area contributed by atoms with Crippen LogP contribution in [0.3, 0.4) is 0 Å². The first-order valence-corrected chi connectivity index (χ1v) is 2.76. The summed E-state index contributed by atoms with van der Waals surface area (Å²) in [5, 5.41) is 3.86. The van der Waals surface area contributed by atoms with E-state index in [1.165, 1.54) is 0 Å². The Bertz CT molecular complexity index is 78.5. The molecule has 3 heteroatoms. The van der Waals surface area contributed by atoms with Gasteiger partial charge in [0.2, 0.25) is 0 Å². The Balaban J connectivity index is 2.15. The number of rotatable bonds is 1. The van der Waals surface area contributed by atoms with E-state index in [0.717, 1.165) is 0 Å². The molecule has 0 aromatic carbocycles. The Kier molecular flexibility index (Phi) is 1.49. The fraction of sp³-hybridized carbons (Fsp3) is 1.00. The molecule has 0 N–H and O–H groups in total. The molecule has 0 aliphatic carbocycles. The standard InChI is InChI=1S/C5H11FN2/c1-7(2)8-3-5(6)4-8/h5H,3-4H2,1-2H3. The monoisotopic (exact) mass is 118 g/mol. The molecule has 1 fully saturated rings. The molecule has 0 aromatic rings. The van der Waals surface area contributed by atoms with E-state index in [2.05, 4.69) is 0 Å². The van der Waals surface area contributed by atoms with Crippen molar-refractivity contribution in [2.45, 2.75) is 6.17 Å². The predicted octanol–water partition coefficient (Wildman–Crippen LogP) is 0.117. The Morgan fingerprint density at radius 2 is 2.00 bits per heavy atom. The van der Waals surface area contributed by atoms with E-state index in [1.54, 1.807) is 0 Å². The van der Waals surface area contributed by atoms with Gasteiger partial charge in [0.25, 0.3) is 0 Å². The average Bonchev–Trinajstić information content (AvgIpc) is 1.57. The summed E-state index contributed by atoms with van der Waals surface area (Å²) >= 11 is 0. The molecule has 0 unspecified atom stereocenters. The minimum absolute atomic E-state index is 0.576. The van der Waals surface area contributed by atoms with Crippen molar-refractivity contribution >= 4 is 0 Å². The van der Waals surface area contributed by atoms with E-state index in [4.69, 9.17) is 0 Å². The molecule has 0 aromatic heterocycles. The third kappa shape index (κ3) is 0.980. The van der Waals surface area contributed by atoms with Gasteiger partial charge in [-0.15, -0.1) is 0 Å². The summed E-state index contributed by atoms with van der Waals surface area (Å²) in [5.74, 6) is 0. The lowest BCUT2D eigenvalue weighted by molar-refractivity contribution is -0.0807. The molecule has 1 aliphatic rings. The van der Waals surface area contributed by atoms with Gasteiger partial charge in [0.15, 0.2) is 0 Å². The first-order valence-electron chi connectivity index (χ1n) is 2.76. The maximum Gasteiger partial charge on any atom is 0.128 e. The number of halogens is 1. The van der Waals surface area contributed by atoms with Crippen molar-refractivity contribution in [3.8, 4) is 0 Å². The lowest BCUT2D eigenvalue weighted by atomic mass is 10.2. The Morgan fingerprint density at radius 3 is 2.12 bits per heavy atom. The summed E-state index contributed by atoms with van der Waals surface area (Å²) in [4.78, 5) is 0. The van der Waals surface area contributed by atoms with Gasteiger partial charge in [-0.2, -0.15) is 0 Å². The van der Waals surface area contributed by atoms with E-state index in [9.17, 15) is 4.39 Å². The highest BCUT2D eigenvalue weighted by Gasteiger charge is 2.26. The third-order valence-electron chi connectivity index (χ3n) is 1.38. The van der Waals surface area contributed by atoms with Crippen LogP contribution in [0.5, 0.6) is 0 Å². The topological polar surface area (TPSA) is 6.48 Å². The molecule has 1 heterocycles. The second-order valence-electron chi connectivity index (χ2n) is 2.32. The van der Waals surface area contributed by atoms with Gasteiger partial charge in [0, 0.05) is 27.2 Å². The van der Waals surface area contributed by atoms with Gasteiger partial charge < -0.3 is 0 Å². The van der Waals surface area contributed by atoms with Crippen molar-refractivity contribution in [2.24, 2.45) is 0 Å². The fourth-order valence-electron chi connectivity index (χ4n) is 0.730. The van der Waals surface area contributed by atoms with Gasteiger partial charge in [0.05, 0.1) is 0 Å². The predicted molar refractivity (Wildman–Crippen MR) is 30.2 cm³/mol. The number of alkyl halides is 1. The molecule has 1 aliphatic heterocycles. The van der Waals surface area contributed by atoms with E-state index < -0.39 is 6.17 Å². The first kappa shape index (κ1) is 5.98. The smallest absolute Gasteiger partial charge is 0.128 e. The van der Waals surface area contributed by atoms with Crippen molar-refractivity contribution in [2.75, 3.05) is 27.2 Å². The van der Waals surface area contributed by atoms with Gasteiger partial charge in [-0.1, -0.05) is 0 Å². The molecule has 0 atom stereocenters. The Hall–Kier alpha value is -0.150. The van der Waals surface area contributed by atoms with Crippen LogP contribution in [-0.2, 0) is 0 Å². The highest BCUT2D eigenvalue weighted by atomic mass is 19.1. The summed E-state index contributed by atoms with van der Waals surface area (Å²) in [6.07, 6.45) is -0.586. The number of hydrogen-bond donors (Lipinski definition) is 0. The summed E-state index contributed by atoms with van der Waals surface area (Å²) < 4.78 is 12.1. The summed E-state index contributed by atoms with van der Waals surface area (Å²) in [6.45, 7) is 1.15. The number of hydrazine groups is 1. The molecule has 0 amide bonds. The zero-order valence-corrected chi connectivity index (χ0v) is 5.26. The molecule has 8 heavy (non-hydrogen) atoms. The second-order valence-corrected chi connectivity index (χ2v) is 2.32. The quantitative estimate of drug-likeness (QED) is 0.482. The van der Waals surface area contributed by atoms with E-state index in [1.807, 2.05) is 24.1 Å². The maximum absolute atomic E-state index is 12.1. The van der Waals surface area contributed by atoms with Crippen LogP contribution in [-0.4, -0.2) is 43.4 Å². The Labute approximate surface area is 48.8 Å². The van der Waals surface area contributed by atoms with Gasteiger partial charge >= 0.3 is 0 Å². The molecule has 0 radical (unpaired) electrons. The van der Waals surface area contributed by atoms with E-state index >= 15 is 0 Å². The molecule has 2 nitrogen and oxygen atoms in total. The van der Waals surface area contributed by atoms with Gasteiger partial charge in [-0.3, -0.25) is 0 Å². The van der Waals surface area contributed by atoms with E-state index in [0.29, 0.717) is 13.1 Å². The second kappa shape index (κ2) is 1.99. The average molecular weight is 118 g/mol. The van der Waals surface area contributed by atoms with Crippen LogP contribution >= 0.6 is 0 Å². The number of nitrogens with zero attached hydrogens (tertiary/aromatic N) is 2. The lowest BCUT2D eigenvalue weighted by Crippen LogP contribution is -2.54. The van der Waals surface area contributed by atoms with Crippen molar-refractivity contribution in [1.82, 2.24) is 10.0 Å². The highest BCUT2D eigenvalue weighted by Crippen LogP contribution is 2.10. The van der Waals surface area contributed by atoms with Crippen LogP contribution in [0.25, 0.3) is 0 Å². The zero-order valence-electron chi connectivity index (χ0n) is 5.26. The third-order valence-corrected chi connectivity index (χ3v) is 1.38. The summed E-state index contributed by atoms with van der Waals surface area (Å²) in [7, 11) is 3.84. The van der Waals surface area contributed by atoms with Crippen LogP contribution in [0, 0.1) is 0 Å². The van der Waals surface area contributed by atoms with Crippen molar-refractivity contribution in [3.05, 3.63) is 0 Å². The zero-order chi connectivity index (χ0) is 6.15. The van der Waals surface area contributed by atoms with Crippen LogP contribution in [0.15, 0.2) is 0 Å². The van der Waals surface area contributed by atoms with Crippen LogP contribution in [0.1, 0.15) is 0 Å². The minimum Gasteiger partial charge on any atom is -0.248 e. The molecule has 0 bridgehead atoms.